The van der Waals surface area contributed by atoms with Gasteiger partial charge in [-0.25, -0.2) is 4.99 Å². The Morgan fingerprint density at radius 1 is 1.03 bits per heavy atom. The fraction of sp³-hybridized carbons (Fsp3) is 0.458. The molecule has 0 radical (unpaired) electrons. The lowest BCUT2D eigenvalue weighted by atomic mass is 10.1. The van der Waals surface area contributed by atoms with Gasteiger partial charge in [-0.3, -0.25) is 4.90 Å². The molecule has 1 fully saturated rings. The molecule has 2 aromatic carbocycles. The summed E-state index contributed by atoms with van der Waals surface area (Å²) in [5.74, 6) is 1.75. The first-order chi connectivity index (χ1) is 14.8. The van der Waals surface area contributed by atoms with Gasteiger partial charge in [-0.1, -0.05) is 42.5 Å². The molecule has 6 nitrogen and oxygen atoms in total. The number of benzene rings is 2. The highest BCUT2D eigenvalue weighted by Gasteiger charge is 2.09. The van der Waals surface area contributed by atoms with Gasteiger partial charge in [-0.15, -0.1) is 0 Å². The summed E-state index contributed by atoms with van der Waals surface area (Å²) in [5, 5.41) is 6.78. The first kappa shape index (κ1) is 22.1. The molecule has 0 saturated carbocycles. The number of rotatable bonds is 10. The summed E-state index contributed by atoms with van der Waals surface area (Å²) >= 11 is 0. The number of morpholine rings is 1. The third kappa shape index (κ3) is 8.05. The number of para-hydroxylation sites is 1. The van der Waals surface area contributed by atoms with Crippen LogP contribution < -0.4 is 15.4 Å². The summed E-state index contributed by atoms with van der Waals surface area (Å²) in [6.07, 6.45) is 1.09. The second-order valence-corrected chi connectivity index (χ2v) is 7.35. The lowest BCUT2D eigenvalue weighted by Crippen LogP contribution is -2.40. The molecular formula is C24H34N4O2. The Morgan fingerprint density at radius 3 is 2.63 bits per heavy atom. The number of nitrogens with zero attached hydrogens (tertiary/aromatic N) is 2. The molecule has 2 aromatic rings. The Labute approximate surface area is 180 Å². The molecule has 30 heavy (non-hydrogen) atoms. The zero-order valence-electron chi connectivity index (χ0n) is 18.0. The Morgan fingerprint density at radius 2 is 1.83 bits per heavy atom. The van der Waals surface area contributed by atoms with Crippen LogP contribution in [0.3, 0.4) is 0 Å². The van der Waals surface area contributed by atoms with Crippen molar-refractivity contribution in [3.63, 3.8) is 0 Å². The van der Waals surface area contributed by atoms with Crippen LogP contribution in [0.4, 0.5) is 0 Å². The van der Waals surface area contributed by atoms with Crippen molar-refractivity contribution in [1.82, 2.24) is 15.5 Å². The van der Waals surface area contributed by atoms with E-state index in [4.69, 9.17) is 14.5 Å². The van der Waals surface area contributed by atoms with Crippen molar-refractivity contribution in [2.45, 2.75) is 26.5 Å². The minimum absolute atomic E-state index is 0.557. The lowest BCUT2D eigenvalue weighted by Gasteiger charge is -2.26. The largest absolute Gasteiger partial charge is 0.489 e. The van der Waals surface area contributed by atoms with E-state index < -0.39 is 0 Å². The van der Waals surface area contributed by atoms with Gasteiger partial charge in [0.2, 0.25) is 0 Å². The van der Waals surface area contributed by atoms with Gasteiger partial charge in [0.1, 0.15) is 12.4 Å². The lowest BCUT2D eigenvalue weighted by molar-refractivity contribution is 0.0376. The van der Waals surface area contributed by atoms with E-state index in [0.29, 0.717) is 13.2 Å². The summed E-state index contributed by atoms with van der Waals surface area (Å²) in [7, 11) is 0. The standard InChI is InChI=1S/C24H34N4O2/c1-2-25-24(26-12-7-13-28-14-16-29-17-15-28)27-19-21-8-6-9-22(18-21)20-30-23-10-4-3-5-11-23/h3-6,8-11,18H,2,7,12-17,19-20H2,1H3,(H2,25,26,27). The van der Waals surface area contributed by atoms with Crippen molar-refractivity contribution in [2.24, 2.45) is 4.99 Å². The number of hydrogen-bond acceptors (Lipinski definition) is 4. The highest BCUT2D eigenvalue weighted by atomic mass is 16.5. The smallest absolute Gasteiger partial charge is 0.191 e. The molecule has 2 N–H and O–H groups in total. The molecule has 0 spiro atoms. The van der Waals surface area contributed by atoms with Crippen LogP contribution in [0, 0.1) is 0 Å². The average Bonchev–Trinajstić information content (AvgIpc) is 2.80. The highest BCUT2D eigenvalue weighted by molar-refractivity contribution is 5.79. The van der Waals surface area contributed by atoms with E-state index in [1.165, 1.54) is 5.56 Å². The van der Waals surface area contributed by atoms with Crippen LogP contribution in [0.1, 0.15) is 24.5 Å². The van der Waals surface area contributed by atoms with Crippen molar-refractivity contribution in [1.29, 1.82) is 0 Å². The van der Waals surface area contributed by atoms with Crippen molar-refractivity contribution >= 4 is 5.96 Å². The summed E-state index contributed by atoms with van der Waals surface area (Å²) in [6, 6.07) is 18.3. The van der Waals surface area contributed by atoms with Crippen LogP contribution in [-0.2, 0) is 17.9 Å². The third-order valence-corrected chi connectivity index (χ3v) is 4.95. The van der Waals surface area contributed by atoms with Crippen molar-refractivity contribution < 1.29 is 9.47 Å². The van der Waals surface area contributed by atoms with Crippen LogP contribution in [0.5, 0.6) is 5.75 Å². The predicted octanol–water partition coefficient (Wildman–Crippen LogP) is 3.04. The van der Waals surface area contributed by atoms with E-state index >= 15 is 0 Å². The molecule has 0 aromatic heterocycles. The van der Waals surface area contributed by atoms with E-state index in [-0.39, 0.29) is 0 Å². The summed E-state index contributed by atoms with van der Waals surface area (Å²) < 4.78 is 11.3. The van der Waals surface area contributed by atoms with Gasteiger partial charge in [0.25, 0.3) is 0 Å². The monoisotopic (exact) mass is 410 g/mol. The Bertz CT molecular complexity index is 761. The number of ether oxygens (including phenoxy) is 2. The fourth-order valence-electron chi connectivity index (χ4n) is 3.35. The predicted molar refractivity (Wildman–Crippen MR) is 122 cm³/mol. The zero-order valence-corrected chi connectivity index (χ0v) is 18.0. The van der Waals surface area contributed by atoms with E-state index in [2.05, 4.69) is 46.7 Å². The van der Waals surface area contributed by atoms with Crippen LogP contribution >= 0.6 is 0 Å². The van der Waals surface area contributed by atoms with Crippen LogP contribution in [0.2, 0.25) is 0 Å². The normalized spacial score (nSPS) is 15.0. The molecule has 3 rings (SSSR count). The minimum atomic E-state index is 0.557. The van der Waals surface area contributed by atoms with Gasteiger partial charge in [-0.05, 0) is 43.1 Å². The topological polar surface area (TPSA) is 58.1 Å². The highest BCUT2D eigenvalue weighted by Crippen LogP contribution is 2.13. The summed E-state index contributed by atoms with van der Waals surface area (Å²) in [6.45, 7) is 9.93. The number of nitrogens with one attached hydrogen (secondary N) is 2. The fourth-order valence-corrected chi connectivity index (χ4v) is 3.35. The molecule has 6 heteroatoms. The first-order valence-corrected chi connectivity index (χ1v) is 10.9. The zero-order chi connectivity index (χ0) is 20.9. The van der Waals surface area contributed by atoms with Gasteiger partial charge in [-0.2, -0.15) is 0 Å². The summed E-state index contributed by atoms with van der Waals surface area (Å²) in [5.41, 5.74) is 2.32. The second kappa shape index (κ2) is 12.9. The van der Waals surface area contributed by atoms with Crippen LogP contribution in [0.25, 0.3) is 0 Å². The van der Waals surface area contributed by atoms with Gasteiger partial charge in [0, 0.05) is 26.2 Å². The van der Waals surface area contributed by atoms with Gasteiger partial charge in [0.05, 0.1) is 19.8 Å². The SMILES string of the molecule is CCNC(=NCc1cccc(COc2ccccc2)c1)NCCCN1CCOCC1. The maximum atomic E-state index is 5.85. The van der Waals surface area contributed by atoms with E-state index in [0.717, 1.165) is 69.6 Å². The first-order valence-electron chi connectivity index (χ1n) is 10.9. The Hall–Kier alpha value is -2.57. The molecule has 1 saturated heterocycles. The number of guanidine groups is 1. The van der Waals surface area contributed by atoms with Crippen molar-refractivity contribution in [3.05, 3.63) is 65.7 Å². The molecule has 0 unspecified atom stereocenters. The molecular weight excluding hydrogens is 376 g/mol. The van der Waals surface area contributed by atoms with Gasteiger partial charge < -0.3 is 20.1 Å². The Kier molecular flexibility index (Phi) is 9.50. The van der Waals surface area contributed by atoms with Crippen molar-refractivity contribution in [3.8, 4) is 5.75 Å². The summed E-state index contributed by atoms with van der Waals surface area (Å²) in [4.78, 5) is 7.20. The van der Waals surface area contributed by atoms with E-state index in [1.54, 1.807) is 0 Å². The molecule has 0 bridgehead atoms. The van der Waals surface area contributed by atoms with Crippen LogP contribution in [-0.4, -0.2) is 56.8 Å². The molecule has 0 amide bonds. The van der Waals surface area contributed by atoms with Gasteiger partial charge in [0.15, 0.2) is 5.96 Å². The van der Waals surface area contributed by atoms with Crippen LogP contribution in [0.15, 0.2) is 59.6 Å². The maximum Gasteiger partial charge on any atom is 0.191 e. The maximum absolute atomic E-state index is 5.85. The third-order valence-electron chi connectivity index (χ3n) is 4.95. The second-order valence-electron chi connectivity index (χ2n) is 7.35. The number of hydrogen-bond donors (Lipinski definition) is 2. The van der Waals surface area contributed by atoms with Crippen molar-refractivity contribution in [2.75, 3.05) is 45.9 Å². The quantitative estimate of drug-likeness (QED) is 0.358. The Balaban J connectivity index is 1.45. The molecule has 1 heterocycles. The number of aliphatic imine (C=N–C) groups is 1. The average molecular weight is 411 g/mol. The van der Waals surface area contributed by atoms with Gasteiger partial charge >= 0.3 is 0 Å². The molecule has 1 aliphatic rings. The molecule has 0 atom stereocenters. The molecule has 0 aliphatic carbocycles. The molecule has 162 valence electrons. The molecule has 1 aliphatic heterocycles. The minimum Gasteiger partial charge on any atom is -0.489 e. The van der Waals surface area contributed by atoms with E-state index in [1.807, 2.05) is 30.3 Å². The van der Waals surface area contributed by atoms with E-state index in [9.17, 15) is 0 Å².